The summed E-state index contributed by atoms with van der Waals surface area (Å²) in [4.78, 5) is 13.3. The van der Waals surface area contributed by atoms with Gasteiger partial charge in [-0.15, -0.1) is 0 Å². The molecule has 4 bridgehead atoms. The Bertz CT molecular complexity index is 1440. The molecule has 0 atom stereocenters. The van der Waals surface area contributed by atoms with E-state index < -0.39 is 22.5 Å². The molecular formula is C31H33ClN2O4S. The van der Waals surface area contributed by atoms with Crippen LogP contribution in [0.15, 0.2) is 77.7 Å². The molecule has 0 unspecified atom stereocenters. The van der Waals surface area contributed by atoms with Gasteiger partial charge in [0.2, 0.25) is 5.91 Å². The second-order valence-corrected chi connectivity index (χ2v) is 13.7. The van der Waals surface area contributed by atoms with Gasteiger partial charge >= 0.3 is 0 Å². The Labute approximate surface area is 235 Å². The fraction of sp³-hybridized carbons (Fsp3) is 0.387. The molecule has 6 nitrogen and oxygen atoms in total. The van der Waals surface area contributed by atoms with Gasteiger partial charge in [0.25, 0.3) is 10.0 Å². The Hall–Kier alpha value is -3.03. The molecule has 0 heterocycles. The van der Waals surface area contributed by atoms with Gasteiger partial charge in [0, 0.05) is 5.69 Å². The molecule has 0 aliphatic heterocycles. The molecule has 0 radical (unpaired) electrons. The summed E-state index contributed by atoms with van der Waals surface area (Å²) in [5.41, 5.74) is 2.59. The Morgan fingerprint density at radius 2 is 1.56 bits per heavy atom. The van der Waals surface area contributed by atoms with Gasteiger partial charge in [-0.3, -0.25) is 9.10 Å². The van der Waals surface area contributed by atoms with Crippen LogP contribution in [0, 0.1) is 17.8 Å². The van der Waals surface area contributed by atoms with Crippen molar-refractivity contribution in [3.8, 4) is 5.75 Å². The molecule has 0 saturated heterocycles. The maximum atomic E-state index is 13.6. The topological polar surface area (TPSA) is 75.7 Å². The van der Waals surface area contributed by atoms with Crippen LogP contribution < -0.4 is 14.4 Å². The molecule has 1 amide bonds. The molecule has 1 N–H and O–H groups in total. The molecule has 4 aliphatic rings. The first-order valence-electron chi connectivity index (χ1n) is 13.6. The van der Waals surface area contributed by atoms with Crippen LogP contribution in [-0.2, 0) is 20.2 Å². The molecular weight excluding hydrogens is 532 g/mol. The predicted molar refractivity (Wildman–Crippen MR) is 154 cm³/mol. The first-order valence-corrected chi connectivity index (χ1v) is 15.4. The van der Waals surface area contributed by atoms with Crippen LogP contribution in [0.2, 0.25) is 5.02 Å². The molecule has 204 valence electrons. The minimum absolute atomic E-state index is 0.0877. The number of nitrogens with one attached hydrogen (secondary N) is 1. The maximum absolute atomic E-state index is 13.6. The third kappa shape index (κ3) is 5.03. The highest BCUT2D eigenvalue weighted by Gasteiger charge is 2.51. The molecule has 8 heteroatoms. The second kappa shape index (κ2) is 10.2. The Morgan fingerprint density at radius 3 is 2.13 bits per heavy atom. The van der Waals surface area contributed by atoms with Gasteiger partial charge in [0.05, 0.1) is 22.7 Å². The van der Waals surface area contributed by atoms with Crippen molar-refractivity contribution in [3.63, 3.8) is 0 Å². The predicted octanol–water partition coefficient (Wildman–Crippen LogP) is 6.65. The number of ether oxygens (including phenoxy) is 1. The first-order chi connectivity index (χ1) is 18.8. The van der Waals surface area contributed by atoms with Gasteiger partial charge < -0.3 is 10.1 Å². The van der Waals surface area contributed by atoms with Crippen molar-refractivity contribution in [3.05, 3.63) is 83.4 Å². The standard InChI is InChI=1S/C31H33ClN2O4S/c1-38-29-12-11-26(16-28(29)32)34(39(36,37)27-5-3-2-4-6-27)20-30(35)33-25-9-7-24(8-10-25)31-17-21-13-22(18-31)15-23(14-21)19-31/h2-12,16,21-23H,13-15,17-20H2,1H3,(H,33,35). The smallest absolute Gasteiger partial charge is 0.264 e. The van der Waals surface area contributed by atoms with Crippen LogP contribution in [0.1, 0.15) is 44.1 Å². The van der Waals surface area contributed by atoms with E-state index in [1.165, 1.54) is 69.4 Å². The number of anilines is 2. The SMILES string of the molecule is COc1ccc(N(CC(=O)Nc2ccc(C34CC5CC(CC(C5)C3)C4)cc2)S(=O)(=O)c2ccccc2)cc1Cl. The normalized spacial score (nSPS) is 25.3. The molecule has 4 fully saturated rings. The van der Waals surface area contributed by atoms with Crippen molar-refractivity contribution < 1.29 is 17.9 Å². The van der Waals surface area contributed by atoms with E-state index in [9.17, 15) is 13.2 Å². The summed E-state index contributed by atoms with van der Waals surface area (Å²) in [6, 6.07) is 20.9. The lowest BCUT2D eigenvalue weighted by Gasteiger charge is -2.57. The number of hydrogen-bond acceptors (Lipinski definition) is 4. The fourth-order valence-electron chi connectivity index (χ4n) is 7.55. The van der Waals surface area contributed by atoms with E-state index in [1.54, 1.807) is 30.3 Å². The van der Waals surface area contributed by atoms with Crippen LogP contribution >= 0.6 is 11.6 Å². The summed E-state index contributed by atoms with van der Waals surface area (Å²) in [6.07, 6.45) is 8.03. The highest BCUT2D eigenvalue weighted by Crippen LogP contribution is 2.60. The van der Waals surface area contributed by atoms with Crippen LogP contribution in [-0.4, -0.2) is 28.0 Å². The summed E-state index contributed by atoms with van der Waals surface area (Å²) >= 11 is 6.32. The Kier molecular flexibility index (Phi) is 6.84. The summed E-state index contributed by atoms with van der Waals surface area (Å²) in [7, 11) is -2.55. The van der Waals surface area contributed by atoms with Crippen molar-refractivity contribution in [2.75, 3.05) is 23.3 Å². The molecule has 0 aromatic heterocycles. The molecule has 39 heavy (non-hydrogen) atoms. The molecule has 4 aliphatic carbocycles. The first kappa shape index (κ1) is 26.2. The van der Waals surface area contributed by atoms with Crippen molar-refractivity contribution in [2.24, 2.45) is 17.8 Å². The van der Waals surface area contributed by atoms with Crippen molar-refractivity contribution in [1.82, 2.24) is 0 Å². The van der Waals surface area contributed by atoms with E-state index in [1.807, 2.05) is 12.1 Å². The highest BCUT2D eigenvalue weighted by molar-refractivity contribution is 7.92. The van der Waals surface area contributed by atoms with Crippen LogP contribution in [0.3, 0.4) is 0 Å². The van der Waals surface area contributed by atoms with E-state index in [2.05, 4.69) is 17.4 Å². The number of halogens is 1. The molecule has 7 rings (SSSR count). The van der Waals surface area contributed by atoms with E-state index in [-0.39, 0.29) is 21.0 Å². The van der Waals surface area contributed by atoms with E-state index in [4.69, 9.17) is 16.3 Å². The average Bonchev–Trinajstić information content (AvgIpc) is 2.92. The Balaban J connectivity index is 1.22. The van der Waals surface area contributed by atoms with Crippen LogP contribution in [0.5, 0.6) is 5.75 Å². The number of methoxy groups -OCH3 is 1. The zero-order chi connectivity index (χ0) is 27.2. The number of hydrogen-bond donors (Lipinski definition) is 1. The third-order valence-electron chi connectivity index (χ3n) is 8.86. The monoisotopic (exact) mass is 564 g/mol. The van der Waals surface area contributed by atoms with Gasteiger partial charge in [-0.2, -0.15) is 0 Å². The number of carbonyl (C=O) groups is 1. The lowest BCUT2D eigenvalue weighted by Crippen LogP contribution is -2.48. The van der Waals surface area contributed by atoms with Gasteiger partial charge in [0.15, 0.2) is 0 Å². The number of benzene rings is 3. The maximum Gasteiger partial charge on any atom is 0.264 e. The van der Waals surface area contributed by atoms with Gasteiger partial charge in [-0.05, 0) is 110 Å². The number of nitrogens with zero attached hydrogens (tertiary/aromatic N) is 1. The summed E-state index contributed by atoms with van der Waals surface area (Å²) in [6.45, 7) is -0.406. The quantitative estimate of drug-likeness (QED) is 0.332. The lowest BCUT2D eigenvalue weighted by molar-refractivity contribution is -0.114. The zero-order valence-electron chi connectivity index (χ0n) is 22.0. The van der Waals surface area contributed by atoms with E-state index in [0.717, 1.165) is 22.1 Å². The van der Waals surface area contributed by atoms with E-state index in [0.29, 0.717) is 11.4 Å². The highest BCUT2D eigenvalue weighted by atomic mass is 35.5. The molecule has 0 spiro atoms. The fourth-order valence-corrected chi connectivity index (χ4v) is 9.23. The van der Waals surface area contributed by atoms with Gasteiger partial charge in [-0.1, -0.05) is 41.9 Å². The van der Waals surface area contributed by atoms with Gasteiger partial charge in [-0.25, -0.2) is 8.42 Å². The van der Waals surface area contributed by atoms with Crippen molar-refractivity contribution in [1.29, 1.82) is 0 Å². The summed E-state index contributed by atoms with van der Waals surface area (Å²) < 4.78 is 33.5. The Morgan fingerprint density at radius 1 is 0.949 bits per heavy atom. The third-order valence-corrected chi connectivity index (χ3v) is 10.9. The summed E-state index contributed by atoms with van der Waals surface area (Å²) in [5.74, 6) is 2.56. The minimum atomic E-state index is -4.04. The average molecular weight is 565 g/mol. The molecule has 4 saturated carbocycles. The molecule has 3 aromatic carbocycles. The van der Waals surface area contributed by atoms with Crippen LogP contribution in [0.25, 0.3) is 0 Å². The zero-order valence-corrected chi connectivity index (χ0v) is 23.5. The largest absolute Gasteiger partial charge is 0.495 e. The number of amides is 1. The van der Waals surface area contributed by atoms with Crippen LogP contribution in [0.4, 0.5) is 11.4 Å². The van der Waals surface area contributed by atoms with E-state index >= 15 is 0 Å². The number of sulfonamides is 1. The lowest BCUT2D eigenvalue weighted by atomic mass is 9.48. The summed E-state index contributed by atoms with van der Waals surface area (Å²) in [5, 5.41) is 3.15. The number of rotatable bonds is 8. The van der Waals surface area contributed by atoms with Crippen molar-refractivity contribution >= 4 is 38.9 Å². The second-order valence-electron chi connectivity index (χ2n) is 11.5. The number of carbonyl (C=O) groups excluding carboxylic acids is 1. The van der Waals surface area contributed by atoms with Gasteiger partial charge in [0.1, 0.15) is 12.3 Å². The minimum Gasteiger partial charge on any atom is -0.495 e. The van der Waals surface area contributed by atoms with Crippen molar-refractivity contribution in [2.45, 2.75) is 48.8 Å². The molecule has 3 aromatic rings.